The van der Waals surface area contributed by atoms with Crippen molar-refractivity contribution in [3.05, 3.63) is 30.1 Å². The van der Waals surface area contributed by atoms with Gasteiger partial charge in [-0.25, -0.2) is 8.51 Å². The summed E-state index contributed by atoms with van der Waals surface area (Å²) in [5.74, 6) is 0.670. The van der Waals surface area contributed by atoms with E-state index in [0.29, 0.717) is 18.8 Å². The zero-order valence-corrected chi connectivity index (χ0v) is 10.6. The average molecular weight is 249 g/mol. The van der Waals surface area contributed by atoms with Crippen LogP contribution in [0, 0.1) is 11.3 Å². The molecule has 5 heteroatoms. The molecule has 0 saturated carbocycles. The molecule has 1 aromatic heterocycles. The molecule has 1 aliphatic rings. The number of nitrogens with zero attached hydrogens (tertiary/aromatic N) is 3. The molecule has 0 N–H and O–H groups in total. The molecular formula is C12H15N3OS. The Bertz CT molecular complexity index is 449. The molecule has 0 radical (unpaired) electrons. The summed E-state index contributed by atoms with van der Waals surface area (Å²) >= 11 is 0. The highest BCUT2D eigenvalue weighted by Crippen LogP contribution is 2.33. The molecule has 1 saturated heterocycles. The van der Waals surface area contributed by atoms with Crippen molar-refractivity contribution in [2.24, 2.45) is 0 Å². The fraction of sp³-hybridized carbons (Fsp3) is 0.500. The molecule has 0 amide bonds. The van der Waals surface area contributed by atoms with Crippen LogP contribution in [0.2, 0.25) is 0 Å². The Morgan fingerprint density at radius 1 is 1.59 bits per heavy atom. The summed E-state index contributed by atoms with van der Waals surface area (Å²) in [5, 5.41) is 9.30. The third-order valence-corrected chi connectivity index (χ3v) is 4.52. The van der Waals surface area contributed by atoms with Crippen LogP contribution < -0.4 is 0 Å². The first-order valence-corrected chi connectivity index (χ1v) is 6.95. The summed E-state index contributed by atoms with van der Waals surface area (Å²) in [6.45, 7) is 3.05. The van der Waals surface area contributed by atoms with Crippen LogP contribution >= 0.6 is 0 Å². The monoisotopic (exact) mass is 249 g/mol. The SMILES string of the molecule is CCCS(=O)N1CC(C#N)(c2ccccn2)C1. The molecule has 17 heavy (non-hydrogen) atoms. The van der Waals surface area contributed by atoms with Gasteiger partial charge in [-0.05, 0) is 18.6 Å². The van der Waals surface area contributed by atoms with Gasteiger partial charge in [0.2, 0.25) is 0 Å². The average Bonchev–Trinajstić information content (AvgIpc) is 2.30. The first kappa shape index (κ1) is 12.2. The number of aromatic nitrogens is 1. The minimum atomic E-state index is -0.946. The zero-order valence-electron chi connectivity index (χ0n) is 9.80. The number of rotatable bonds is 4. The topological polar surface area (TPSA) is 57.0 Å². The van der Waals surface area contributed by atoms with Crippen molar-refractivity contribution in [3.8, 4) is 6.07 Å². The van der Waals surface area contributed by atoms with E-state index < -0.39 is 16.4 Å². The molecule has 1 atom stereocenters. The van der Waals surface area contributed by atoms with Crippen molar-refractivity contribution >= 4 is 11.0 Å². The third kappa shape index (κ3) is 2.24. The van der Waals surface area contributed by atoms with Crippen LogP contribution in [0.3, 0.4) is 0 Å². The van der Waals surface area contributed by atoms with E-state index in [0.717, 1.165) is 12.1 Å². The van der Waals surface area contributed by atoms with E-state index in [1.807, 2.05) is 29.4 Å². The molecule has 1 aliphatic heterocycles. The largest absolute Gasteiger partial charge is 0.260 e. The fourth-order valence-corrected chi connectivity index (χ4v) is 3.28. The van der Waals surface area contributed by atoms with Crippen LogP contribution in [-0.4, -0.2) is 32.3 Å². The second kappa shape index (κ2) is 4.94. The van der Waals surface area contributed by atoms with Crippen LogP contribution in [0.5, 0.6) is 0 Å². The van der Waals surface area contributed by atoms with E-state index in [-0.39, 0.29) is 0 Å². The first-order valence-electron chi connectivity index (χ1n) is 5.68. The lowest BCUT2D eigenvalue weighted by Crippen LogP contribution is -2.59. The van der Waals surface area contributed by atoms with Crippen LogP contribution in [0.1, 0.15) is 19.0 Å². The zero-order chi connectivity index (χ0) is 12.3. The third-order valence-electron chi connectivity index (χ3n) is 2.93. The van der Waals surface area contributed by atoms with E-state index in [4.69, 9.17) is 0 Å². The highest BCUT2D eigenvalue weighted by atomic mass is 32.2. The summed E-state index contributed by atoms with van der Waals surface area (Å²) in [6, 6.07) is 7.90. The van der Waals surface area contributed by atoms with Gasteiger partial charge >= 0.3 is 0 Å². The van der Waals surface area contributed by atoms with Gasteiger partial charge < -0.3 is 0 Å². The number of hydrogen-bond donors (Lipinski definition) is 0. The highest BCUT2D eigenvalue weighted by molar-refractivity contribution is 7.82. The van der Waals surface area contributed by atoms with Crippen LogP contribution in [0.25, 0.3) is 0 Å². The van der Waals surface area contributed by atoms with E-state index in [1.165, 1.54) is 0 Å². The molecule has 2 rings (SSSR count). The van der Waals surface area contributed by atoms with Gasteiger partial charge in [-0.2, -0.15) is 5.26 Å². The second-order valence-electron chi connectivity index (χ2n) is 4.23. The maximum absolute atomic E-state index is 11.8. The van der Waals surface area contributed by atoms with Gasteiger partial charge in [0.15, 0.2) is 0 Å². The smallest absolute Gasteiger partial charge is 0.126 e. The number of pyridine rings is 1. The van der Waals surface area contributed by atoms with E-state index in [1.54, 1.807) is 6.20 Å². The van der Waals surface area contributed by atoms with Crippen molar-refractivity contribution in [1.29, 1.82) is 5.26 Å². The molecular weight excluding hydrogens is 234 g/mol. The van der Waals surface area contributed by atoms with Crippen molar-refractivity contribution in [3.63, 3.8) is 0 Å². The van der Waals surface area contributed by atoms with Crippen molar-refractivity contribution in [1.82, 2.24) is 9.29 Å². The van der Waals surface area contributed by atoms with Crippen LogP contribution in [0.4, 0.5) is 0 Å². The van der Waals surface area contributed by atoms with Gasteiger partial charge in [0, 0.05) is 25.0 Å². The molecule has 1 unspecified atom stereocenters. The maximum atomic E-state index is 11.8. The summed E-state index contributed by atoms with van der Waals surface area (Å²) in [6.07, 6.45) is 2.59. The van der Waals surface area contributed by atoms with Gasteiger partial charge in [-0.15, -0.1) is 0 Å². The van der Waals surface area contributed by atoms with Gasteiger partial charge in [0.05, 0.1) is 22.7 Å². The van der Waals surface area contributed by atoms with Crippen LogP contribution in [-0.2, 0) is 16.4 Å². The summed E-state index contributed by atoms with van der Waals surface area (Å²) in [4.78, 5) is 4.24. The minimum absolute atomic E-state index is 0.521. The first-order chi connectivity index (χ1) is 8.22. The van der Waals surface area contributed by atoms with Gasteiger partial charge in [0.1, 0.15) is 5.41 Å². The fourth-order valence-electron chi connectivity index (χ4n) is 1.94. The Labute approximate surface area is 104 Å². The summed E-state index contributed by atoms with van der Waals surface area (Å²) < 4.78 is 13.6. The lowest BCUT2D eigenvalue weighted by molar-refractivity contribution is 0.210. The molecule has 0 aromatic carbocycles. The second-order valence-corrected chi connectivity index (χ2v) is 5.80. The van der Waals surface area contributed by atoms with Gasteiger partial charge in [-0.1, -0.05) is 13.0 Å². The molecule has 90 valence electrons. The lowest BCUT2D eigenvalue weighted by Gasteiger charge is -2.43. The quantitative estimate of drug-likeness (QED) is 0.806. The molecule has 0 spiro atoms. The van der Waals surface area contributed by atoms with Crippen molar-refractivity contribution < 1.29 is 4.21 Å². The van der Waals surface area contributed by atoms with E-state index in [2.05, 4.69) is 11.1 Å². The Morgan fingerprint density at radius 2 is 2.35 bits per heavy atom. The number of nitriles is 1. The van der Waals surface area contributed by atoms with Gasteiger partial charge in [-0.3, -0.25) is 4.98 Å². The lowest BCUT2D eigenvalue weighted by atomic mass is 9.80. The normalized spacial score (nSPS) is 20.2. The van der Waals surface area contributed by atoms with E-state index in [9.17, 15) is 9.47 Å². The van der Waals surface area contributed by atoms with Crippen molar-refractivity contribution in [2.45, 2.75) is 18.8 Å². The van der Waals surface area contributed by atoms with Crippen LogP contribution in [0.15, 0.2) is 24.4 Å². The molecule has 2 heterocycles. The van der Waals surface area contributed by atoms with Crippen molar-refractivity contribution in [2.75, 3.05) is 18.8 Å². The predicted molar refractivity (Wildman–Crippen MR) is 66.4 cm³/mol. The Morgan fingerprint density at radius 3 is 2.88 bits per heavy atom. The molecule has 4 nitrogen and oxygen atoms in total. The van der Waals surface area contributed by atoms with E-state index >= 15 is 0 Å². The Balaban J connectivity index is 2.09. The molecule has 1 fully saturated rings. The standard InChI is InChI=1S/C12H15N3OS/c1-2-7-17(16)15-9-12(8-13,10-15)11-5-3-4-6-14-11/h3-6H,2,7,9-10H2,1H3. The maximum Gasteiger partial charge on any atom is 0.126 e. The molecule has 0 bridgehead atoms. The minimum Gasteiger partial charge on any atom is -0.260 e. The summed E-state index contributed by atoms with van der Waals surface area (Å²) in [7, 11) is -0.946. The highest BCUT2D eigenvalue weighted by Gasteiger charge is 2.48. The summed E-state index contributed by atoms with van der Waals surface area (Å²) in [5.41, 5.74) is 0.220. The number of hydrogen-bond acceptors (Lipinski definition) is 3. The molecule has 1 aromatic rings. The molecule has 0 aliphatic carbocycles. The van der Waals surface area contributed by atoms with Gasteiger partial charge in [0.25, 0.3) is 0 Å². The Kier molecular flexibility index (Phi) is 3.55. The Hall–Kier alpha value is -1.25. The predicted octanol–water partition coefficient (Wildman–Crippen LogP) is 1.23.